The lowest BCUT2D eigenvalue weighted by Gasteiger charge is -2.31. The molecule has 3 heterocycles. The Morgan fingerprint density at radius 1 is 1.09 bits per heavy atom. The zero-order chi connectivity index (χ0) is 24.5. The Morgan fingerprint density at radius 2 is 1.83 bits per heavy atom. The predicted molar refractivity (Wildman–Crippen MR) is 135 cm³/mol. The van der Waals surface area contributed by atoms with Gasteiger partial charge >= 0.3 is 0 Å². The van der Waals surface area contributed by atoms with Crippen LogP contribution in [-0.4, -0.2) is 31.0 Å². The first-order valence-corrected chi connectivity index (χ1v) is 12.1. The van der Waals surface area contributed by atoms with Crippen LogP contribution in [0.15, 0.2) is 60.9 Å². The molecule has 1 atom stereocenters. The number of imidazole rings is 1. The molecule has 3 N–H and O–H groups in total. The Labute approximate surface area is 204 Å². The summed E-state index contributed by atoms with van der Waals surface area (Å²) in [7, 11) is 1.68. The first kappa shape index (κ1) is 22.8. The lowest BCUT2D eigenvalue weighted by atomic mass is 9.75. The number of nitrogens with one attached hydrogen (secondary N) is 1. The van der Waals surface area contributed by atoms with E-state index in [2.05, 4.69) is 22.3 Å². The molecule has 0 spiro atoms. The third kappa shape index (κ3) is 4.56. The Bertz CT molecular complexity index is 1360. The maximum Gasteiger partial charge on any atom is 0.266 e. The van der Waals surface area contributed by atoms with Gasteiger partial charge in [-0.25, -0.2) is 4.98 Å². The number of nitrogens with two attached hydrogens (primary N) is 1. The number of pyridine rings is 1. The minimum absolute atomic E-state index is 0.108. The van der Waals surface area contributed by atoms with Crippen LogP contribution in [0.5, 0.6) is 0 Å². The van der Waals surface area contributed by atoms with Gasteiger partial charge < -0.3 is 11.1 Å². The van der Waals surface area contributed by atoms with E-state index in [4.69, 9.17) is 5.73 Å². The van der Waals surface area contributed by atoms with E-state index in [0.29, 0.717) is 17.3 Å². The second-order valence-electron chi connectivity index (χ2n) is 9.57. The fourth-order valence-electron chi connectivity index (χ4n) is 5.21. The third-order valence-electron chi connectivity index (χ3n) is 7.16. The van der Waals surface area contributed by atoms with Crippen LogP contribution < -0.4 is 11.1 Å². The molecule has 3 aromatic heterocycles. The Morgan fingerprint density at radius 3 is 2.51 bits per heavy atom. The zero-order valence-electron chi connectivity index (χ0n) is 20.0. The summed E-state index contributed by atoms with van der Waals surface area (Å²) in [6, 6.07) is 15.5. The summed E-state index contributed by atoms with van der Waals surface area (Å²) >= 11 is 0. The highest BCUT2D eigenvalue weighted by Crippen LogP contribution is 2.38. The fourth-order valence-corrected chi connectivity index (χ4v) is 5.21. The molecule has 0 bridgehead atoms. The highest BCUT2D eigenvalue weighted by molar-refractivity contribution is 5.97. The molecule has 1 fully saturated rings. The number of benzene rings is 1. The Balaban J connectivity index is 1.40. The number of carbonyl (C=O) groups excluding carboxylic acids is 2. The molecule has 0 radical (unpaired) electrons. The van der Waals surface area contributed by atoms with Crippen LogP contribution >= 0.6 is 0 Å². The summed E-state index contributed by atoms with van der Waals surface area (Å²) in [6.45, 7) is 2.25. The smallest absolute Gasteiger partial charge is 0.266 e. The standard InChI is InChI=1S/C27H30N6O2/c1-17-6-8-19(9-7-17)25(21-16-23(26(28)34)32(2)31-21)27(35)30-20-12-10-18(11-13-20)22-4-3-5-24-29-14-15-33(22)24/h3-5,10-17,19,25H,6-9H2,1-2H3,(H2,28,34)(H,30,35). The van der Waals surface area contributed by atoms with Crippen LogP contribution in [0.1, 0.15) is 54.7 Å². The number of hydrogen-bond donors (Lipinski definition) is 2. The van der Waals surface area contributed by atoms with Crippen molar-refractivity contribution in [3.05, 3.63) is 72.3 Å². The number of anilines is 1. The molecule has 35 heavy (non-hydrogen) atoms. The van der Waals surface area contributed by atoms with Crippen molar-refractivity contribution in [1.82, 2.24) is 19.2 Å². The van der Waals surface area contributed by atoms with Crippen molar-refractivity contribution in [3.8, 4) is 11.3 Å². The van der Waals surface area contributed by atoms with Gasteiger partial charge in [0.25, 0.3) is 5.91 Å². The maximum atomic E-state index is 13.6. The van der Waals surface area contributed by atoms with E-state index in [9.17, 15) is 9.59 Å². The summed E-state index contributed by atoms with van der Waals surface area (Å²) in [5, 5.41) is 7.61. The summed E-state index contributed by atoms with van der Waals surface area (Å²) < 4.78 is 3.50. The van der Waals surface area contributed by atoms with Gasteiger partial charge in [0.1, 0.15) is 11.3 Å². The molecular weight excluding hydrogens is 440 g/mol. The molecule has 8 nitrogen and oxygen atoms in total. The van der Waals surface area contributed by atoms with Gasteiger partial charge in [-0.2, -0.15) is 5.10 Å². The molecule has 0 aliphatic heterocycles. The number of nitrogens with zero attached hydrogens (tertiary/aromatic N) is 4. The summed E-state index contributed by atoms with van der Waals surface area (Å²) in [5.41, 5.74) is 10.1. The zero-order valence-corrected chi connectivity index (χ0v) is 20.0. The van der Waals surface area contributed by atoms with E-state index in [1.165, 1.54) is 4.68 Å². The predicted octanol–water partition coefficient (Wildman–Crippen LogP) is 4.38. The van der Waals surface area contributed by atoms with E-state index in [1.807, 2.05) is 53.1 Å². The first-order valence-electron chi connectivity index (χ1n) is 12.1. The van der Waals surface area contributed by atoms with Crippen LogP contribution in [0.3, 0.4) is 0 Å². The quantitative estimate of drug-likeness (QED) is 0.436. The molecule has 1 unspecified atom stereocenters. The number of amides is 2. The van der Waals surface area contributed by atoms with Gasteiger partial charge in [-0.15, -0.1) is 0 Å². The SMILES string of the molecule is CC1CCC(C(C(=O)Nc2ccc(-c3cccc4nccn34)cc2)c2cc(C(N)=O)n(C)n2)CC1. The van der Waals surface area contributed by atoms with Crippen LogP contribution in [0.2, 0.25) is 0 Å². The monoisotopic (exact) mass is 470 g/mol. The van der Waals surface area contributed by atoms with Gasteiger partial charge in [-0.05, 0) is 60.6 Å². The minimum atomic E-state index is -0.550. The molecular formula is C27H30N6O2. The topological polar surface area (TPSA) is 107 Å². The van der Waals surface area contributed by atoms with Gasteiger partial charge in [-0.3, -0.25) is 18.7 Å². The minimum Gasteiger partial charge on any atom is -0.364 e. The molecule has 180 valence electrons. The number of primary amides is 1. The number of rotatable bonds is 6. The van der Waals surface area contributed by atoms with E-state index < -0.39 is 11.8 Å². The van der Waals surface area contributed by atoms with Gasteiger partial charge in [0.05, 0.1) is 17.3 Å². The van der Waals surface area contributed by atoms with E-state index in [-0.39, 0.29) is 11.8 Å². The van der Waals surface area contributed by atoms with Crippen molar-refractivity contribution in [3.63, 3.8) is 0 Å². The number of hydrogen-bond acceptors (Lipinski definition) is 4. The molecule has 1 aromatic carbocycles. The maximum absolute atomic E-state index is 13.6. The van der Waals surface area contributed by atoms with Gasteiger partial charge in [0.15, 0.2) is 0 Å². The van der Waals surface area contributed by atoms with Crippen LogP contribution in [0, 0.1) is 11.8 Å². The number of carbonyl (C=O) groups is 2. The highest BCUT2D eigenvalue weighted by atomic mass is 16.2. The van der Waals surface area contributed by atoms with Crippen molar-refractivity contribution in [2.45, 2.75) is 38.5 Å². The molecule has 8 heteroatoms. The van der Waals surface area contributed by atoms with E-state index >= 15 is 0 Å². The second-order valence-corrected chi connectivity index (χ2v) is 9.57. The van der Waals surface area contributed by atoms with Crippen LogP contribution in [0.25, 0.3) is 16.9 Å². The number of aryl methyl sites for hydroxylation is 1. The van der Waals surface area contributed by atoms with Crippen LogP contribution in [-0.2, 0) is 11.8 Å². The largest absolute Gasteiger partial charge is 0.364 e. The fraction of sp³-hybridized carbons (Fsp3) is 0.333. The van der Waals surface area contributed by atoms with Gasteiger partial charge in [0.2, 0.25) is 5.91 Å². The van der Waals surface area contributed by atoms with Crippen molar-refractivity contribution in [2.24, 2.45) is 24.6 Å². The molecule has 5 rings (SSSR count). The summed E-state index contributed by atoms with van der Waals surface area (Å²) in [6.07, 6.45) is 7.78. The highest BCUT2D eigenvalue weighted by Gasteiger charge is 2.35. The third-order valence-corrected chi connectivity index (χ3v) is 7.16. The normalized spacial score (nSPS) is 18.9. The van der Waals surface area contributed by atoms with Gasteiger partial charge in [0, 0.05) is 25.1 Å². The van der Waals surface area contributed by atoms with Crippen LogP contribution in [0.4, 0.5) is 5.69 Å². The van der Waals surface area contributed by atoms with E-state index in [1.54, 1.807) is 19.3 Å². The Kier molecular flexibility index (Phi) is 6.11. The molecule has 0 saturated heterocycles. The number of fused-ring (bicyclic) bond motifs is 1. The molecule has 1 aliphatic carbocycles. The average molecular weight is 471 g/mol. The average Bonchev–Trinajstić information content (AvgIpc) is 3.48. The molecule has 1 aliphatic rings. The van der Waals surface area contributed by atoms with Crippen molar-refractivity contribution in [2.75, 3.05) is 5.32 Å². The molecule has 2 amide bonds. The summed E-state index contributed by atoms with van der Waals surface area (Å²) in [5.74, 6) is -0.275. The Hall–Kier alpha value is -3.94. The second kappa shape index (κ2) is 9.37. The lowest BCUT2D eigenvalue weighted by molar-refractivity contribution is -0.119. The summed E-state index contributed by atoms with van der Waals surface area (Å²) in [4.78, 5) is 29.7. The van der Waals surface area contributed by atoms with Gasteiger partial charge in [-0.1, -0.05) is 38.0 Å². The van der Waals surface area contributed by atoms with Crippen molar-refractivity contribution >= 4 is 23.1 Å². The van der Waals surface area contributed by atoms with Crippen molar-refractivity contribution < 1.29 is 9.59 Å². The van der Waals surface area contributed by atoms with Crippen molar-refractivity contribution in [1.29, 1.82) is 0 Å². The van der Waals surface area contributed by atoms with E-state index in [0.717, 1.165) is 48.3 Å². The molecule has 1 saturated carbocycles. The lowest BCUT2D eigenvalue weighted by Crippen LogP contribution is -2.30. The first-order chi connectivity index (χ1) is 16.9. The molecule has 4 aromatic rings. The number of aromatic nitrogens is 4.